The average Bonchev–Trinajstić information content (AvgIpc) is 2.03. The Hall–Kier alpha value is 3.81. The first-order valence-corrected chi connectivity index (χ1v) is 8.72. The van der Waals surface area contributed by atoms with E-state index in [4.69, 9.17) is 39.7 Å². The van der Waals surface area contributed by atoms with Crippen LogP contribution in [0.1, 0.15) is 41.5 Å². The summed E-state index contributed by atoms with van der Waals surface area (Å²) in [7, 11) is 9.78. The fourth-order valence-electron chi connectivity index (χ4n) is 0. The van der Waals surface area contributed by atoms with Crippen molar-refractivity contribution >= 4 is 31.4 Å². The maximum absolute atomic E-state index is 8.47. The van der Waals surface area contributed by atoms with Crippen LogP contribution in [0.4, 0.5) is 0 Å². The van der Waals surface area contributed by atoms with Gasteiger partial charge in [-0.1, -0.05) is 0 Å². The molecule has 0 aromatic rings. The SMILES string of the molecule is C[C-](C)C.C[C-](C)C.[Cl][Ti][Cl].[NH-]C=O.[NH-]C=O.[Ti+2].[Ti].[Ti].[Ti].[Ti]. The van der Waals surface area contributed by atoms with Gasteiger partial charge in [0.25, 0.3) is 0 Å². The Bertz CT molecular complexity index is 114. The van der Waals surface area contributed by atoms with Gasteiger partial charge in [-0.25, -0.2) is 0 Å². The molecule has 0 aromatic heterocycles. The van der Waals surface area contributed by atoms with Crippen molar-refractivity contribution in [1.82, 2.24) is 0 Å². The van der Waals surface area contributed by atoms with Gasteiger partial charge in [-0.3, -0.25) is 0 Å². The first-order chi connectivity index (χ1) is 7.71. The Kier molecular flexibility index (Phi) is 248. The predicted molar refractivity (Wildman–Crippen MR) is 73.0 cm³/mol. The van der Waals surface area contributed by atoms with Gasteiger partial charge in [-0.05, 0) is 0 Å². The molecule has 0 spiro atoms. The summed E-state index contributed by atoms with van der Waals surface area (Å²) in [6.45, 7) is 12.5. The number of nitrogens with one attached hydrogen (secondary N) is 2. The summed E-state index contributed by atoms with van der Waals surface area (Å²) in [6, 6.07) is 0. The number of rotatable bonds is 0. The molecule has 12 heteroatoms. The zero-order chi connectivity index (χ0) is 15.3. The van der Waals surface area contributed by atoms with Gasteiger partial charge in [0, 0.05) is 99.7 Å². The molecule has 0 aliphatic carbocycles. The summed E-state index contributed by atoms with van der Waals surface area (Å²) < 4.78 is 0. The van der Waals surface area contributed by atoms with Crippen LogP contribution >= 0.6 is 18.6 Å². The Morgan fingerprint density at radius 1 is 0.727 bits per heavy atom. The molecule has 2 N–H and O–H groups in total. The summed E-state index contributed by atoms with van der Waals surface area (Å²) in [4.78, 5) is 16.9. The van der Waals surface area contributed by atoms with E-state index in [0.29, 0.717) is 0 Å². The molecule has 0 aliphatic rings. The van der Waals surface area contributed by atoms with Crippen molar-refractivity contribution in [1.29, 1.82) is 0 Å². The summed E-state index contributed by atoms with van der Waals surface area (Å²) >= 11 is -0.556. The minimum Gasteiger partial charge on any atom is -0.671 e. The Morgan fingerprint density at radius 3 is 0.727 bits per heavy atom. The number of halogens is 2. The molecule has 2 amide bonds. The van der Waals surface area contributed by atoms with E-state index in [1.807, 2.05) is 0 Å². The van der Waals surface area contributed by atoms with E-state index in [2.05, 4.69) is 41.5 Å². The number of carbonyl (C=O) groups is 2. The molecule has 4 nitrogen and oxygen atoms in total. The van der Waals surface area contributed by atoms with Crippen LogP contribution in [0.25, 0.3) is 11.5 Å². The quantitative estimate of drug-likeness (QED) is 0.238. The smallest absolute Gasteiger partial charge is 0.671 e. The Labute approximate surface area is 227 Å². The predicted octanol–water partition coefficient (Wildman–Crippen LogP) is 5.00. The minimum absolute atomic E-state index is 0. The van der Waals surface area contributed by atoms with Crippen molar-refractivity contribution in [3.8, 4) is 0 Å². The van der Waals surface area contributed by atoms with Crippen LogP contribution in [-0.2, 0) is 135 Å². The van der Waals surface area contributed by atoms with Gasteiger partial charge in [0.1, 0.15) is 0 Å². The zero-order valence-corrected chi connectivity index (χ0v) is 24.6. The van der Waals surface area contributed by atoms with E-state index in [0.717, 1.165) is 0 Å². The fourth-order valence-corrected chi connectivity index (χ4v) is 0. The molecule has 0 bridgehead atoms. The van der Waals surface area contributed by atoms with Crippen LogP contribution in [-0.4, -0.2) is 12.8 Å². The maximum Gasteiger partial charge on any atom is 2.00 e. The normalized spacial score (nSPS) is 5.00. The molecule has 22 heavy (non-hydrogen) atoms. The molecule has 0 aromatic carbocycles. The standard InChI is InChI=1S/2C4H9.2CH3NO.2ClH.6Ti/c2*1-4(2)3;2*2-1-3;;;;;;;;/h2*1-3H3;2*1H,(H2,2,3);2*1H;;;;;;/q2*-1;;;;;;;;;2*+2/p-4. The van der Waals surface area contributed by atoms with E-state index in [-0.39, 0.29) is 121 Å². The molecule has 0 saturated heterocycles. The second-order valence-electron chi connectivity index (χ2n) is 3.31. The molecule has 0 atom stereocenters. The monoisotopic (exact) mass is 560 g/mol. The van der Waals surface area contributed by atoms with Crippen molar-refractivity contribution in [3.63, 3.8) is 0 Å². The van der Waals surface area contributed by atoms with E-state index >= 15 is 0 Å². The molecule has 0 rings (SSSR count). The van der Waals surface area contributed by atoms with Crippen molar-refractivity contribution < 1.29 is 135 Å². The largest absolute Gasteiger partial charge is 2.00 e. The van der Waals surface area contributed by atoms with E-state index in [1.54, 1.807) is 0 Å². The number of amides is 2. The molecule has 0 heterocycles. The van der Waals surface area contributed by atoms with Gasteiger partial charge in [-0.2, -0.15) is 41.5 Å². The summed E-state index contributed by atoms with van der Waals surface area (Å²) in [5, 5.41) is 0. The molecule has 0 saturated carbocycles. The molecular formula is C10H22Cl2N2O2Ti6-2. The third-order valence-electron chi connectivity index (χ3n) is 0. The number of hydrogen-bond donors (Lipinski definition) is 0. The second kappa shape index (κ2) is 85.7. The molecule has 0 fully saturated rings. The molecule has 124 valence electrons. The van der Waals surface area contributed by atoms with Gasteiger partial charge in [0.2, 0.25) is 0 Å². The summed E-state index contributed by atoms with van der Waals surface area (Å²) in [5.74, 6) is 2.83. The molecule has 0 radical (unpaired) electrons. The zero-order valence-electron chi connectivity index (χ0n) is 13.7. The topological polar surface area (TPSA) is 81.7 Å². The van der Waals surface area contributed by atoms with Gasteiger partial charge in [0.15, 0.2) is 0 Å². The fraction of sp³-hybridized carbons (Fsp3) is 0.600. The number of hydrogen-bond acceptors (Lipinski definition) is 2. The van der Waals surface area contributed by atoms with Crippen LogP contribution in [0.15, 0.2) is 0 Å². The minimum atomic E-state index is -0.556. The maximum atomic E-state index is 8.47. The van der Waals surface area contributed by atoms with Crippen LogP contribution in [0.3, 0.4) is 0 Å². The van der Waals surface area contributed by atoms with Gasteiger partial charge in [-0.15, -0.1) is 0 Å². The average molecular weight is 560 g/mol. The number of carbonyl (C=O) groups excluding carboxylic acids is 2. The van der Waals surface area contributed by atoms with Crippen molar-refractivity contribution in [2.75, 3.05) is 0 Å². The van der Waals surface area contributed by atoms with Crippen molar-refractivity contribution in [2.24, 2.45) is 0 Å². The van der Waals surface area contributed by atoms with E-state index in [9.17, 15) is 0 Å². The first-order valence-electron chi connectivity index (χ1n) is 4.43. The van der Waals surface area contributed by atoms with Crippen LogP contribution < -0.4 is 0 Å². The van der Waals surface area contributed by atoms with Gasteiger partial charge >= 0.3 is 57.4 Å². The Balaban J connectivity index is -0.00000000974. The van der Waals surface area contributed by atoms with Gasteiger partial charge in [0.05, 0.1) is 0 Å². The van der Waals surface area contributed by atoms with E-state index in [1.165, 1.54) is 11.8 Å². The third kappa shape index (κ3) is 855. The van der Waals surface area contributed by atoms with E-state index < -0.39 is 17.0 Å². The summed E-state index contributed by atoms with van der Waals surface area (Å²) in [6.07, 6.45) is 0. The molecule has 0 unspecified atom stereocenters. The Morgan fingerprint density at radius 2 is 0.727 bits per heavy atom. The molecule has 0 aliphatic heterocycles. The van der Waals surface area contributed by atoms with Crippen molar-refractivity contribution in [3.05, 3.63) is 23.3 Å². The van der Waals surface area contributed by atoms with Crippen LogP contribution in [0.5, 0.6) is 0 Å². The first kappa shape index (κ1) is 63.6. The van der Waals surface area contributed by atoms with Crippen LogP contribution in [0.2, 0.25) is 0 Å². The van der Waals surface area contributed by atoms with Crippen LogP contribution in [0, 0.1) is 11.8 Å². The van der Waals surface area contributed by atoms with Gasteiger partial charge < -0.3 is 32.9 Å². The van der Waals surface area contributed by atoms with Crippen molar-refractivity contribution in [2.45, 2.75) is 41.5 Å². The summed E-state index contributed by atoms with van der Waals surface area (Å²) in [5.41, 5.74) is 11.1. The molecular weight excluding hydrogens is 538 g/mol. The second-order valence-corrected chi connectivity index (χ2v) is 5.89. The third-order valence-corrected chi connectivity index (χ3v) is 0.